The lowest BCUT2D eigenvalue weighted by Gasteiger charge is -2.35. The molecule has 5 heteroatoms. The molecule has 5 nitrogen and oxygen atoms in total. The van der Waals surface area contributed by atoms with Crippen molar-refractivity contribution in [3.63, 3.8) is 0 Å². The summed E-state index contributed by atoms with van der Waals surface area (Å²) in [5.41, 5.74) is 0. The molecule has 1 unspecified atom stereocenters. The van der Waals surface area contributed by atoms with Crippen LogP contribution in [0.15, 0.2) is 0 Å². The summed E-state index contributed by atoms with van der Waals surface area (Å²) in [6.45, 7) is 9.45. The Balaban J connectivity index is 2.25. The van der Waals surface area contributed by atoms with Gasteiger partial charge in [-0.2, -0.15) is 0 Å². The maximum atomic E-state index is 11.9. The fourth-order valence-electron chi connectivity index (χ4n) is 2.08. The Morgan fingerprint density at radius 1 is 1.35 bits per heavy atom. The van der Waals surface area contributed by atoms with Gasteiger partial charge in [0.1, 0.15) is 0 Å². The number of hydrogen-bond acceptors (Lipinski definition) is 3. The highest BCUT2D eigenvalue weighted by Crippen LogP contribution is 2.03. The number of amides is 2. The standard InChI is InChI=1S/C12H25N3O2/c1-4-5-14-6-8-15(9-7-14)12(16)13-11(2)10-17-3/h11H,4-10H2,1-3H3,(H,13,16). The largest absolute Gasteiger partial charge is 0.383 e. The van der Waals surface area contributed by atoms with Crippen LogP contribution in [0.5, 0.6) is 0 Å². The zero-order chi connectivity index (χ0) is 12.7. The second-order valence-electron chi connectivity index (χ2n) is 4.63. The summed E-state index contributed by atoms with van der Waals surface area (Å²) in [6, 6.07) is 0.104. The lowest BCUT2D eigenvalue weighted by molar-refractivity contribution is 0.129. The second kappa shape index (κ2) is 7.50. The molecule has 1 saturated heterocycles. The van der Waals surface area contributed by atoms with Gasteiger partial charge < -0.3 is 15.0 Å². The summed E-state index contributed by atoms with van der Waals surface area (Å²) in [6.07, 6.45) is 1.18. The van der Waals surface area contributed by atoms with Gasteiger partial charge in [-0.15, -0.1) is 0 Å². The van der Waals surface area contributed by atoms with Crippen LogP contribution < -0.4 is 5.32 Å². The third-order valence-corrected chi connectivity index (χ3v) is 2.99. The molecule has 0 saturated carbocycles. The molecule has 0 aliphatic carbocycles. The predicted molar refractivity (Wildman–Crippen MR) is 68.2 cm³/mol. The summed E-state index contributed by atoms with van der Waals surface area (Å²) in [5, 5.41) is 2.94. The topological polar surface area (TPSA) is 44.8 Å². The highest BCUT2D eigenvalue weighted by molar-refractivity contribution is 5.74. The van der Waals surface area contributed by atoms with Gasteiger partial charge in [-0.05, 0) is 19.9 Å². The molecular weight excluding hydrogens is 218 g/mol. The molecule has 1 fully saturated rings. The van der Waals surface area contributed by atoms with Gasteiger partial charge in [-0.25, -0.2) is 4.79 Å². The first kappa shape index (κ1) is 14.3. The van der Waals surface area contributed by atoms with Crippen LogP contribution >= 0.6 is 0 Å². The van der Waals surface area contributed by atoms with E-state index in [-0.39, 0.29) is 12.1 Å². The average Bonchev–Trinajstić information content (AvgIpc) is 2.30. The molecule has 17 heavy (non-hydrogen) atoms. The van der Waals surface area contributed by atoms with Crippen molar-refractivity contribution in [2.75, 3.05) is 46.4 Å². The van der Waals surface area contributed by atoms with Gasteiger partial charge in [0.15, 0.2) is 0 Å². The normalized spacial score (nSPS) is 19.1. The maximum Gasteiger partial charge on any atom is 0.317 e. The van der Waals surface area contributed by atoms with Gasteiger partial charge in [0.25, 0.3) is 0 Å². The summed E-state index contributed by atoms with van der Waals surface area (Å²) in [4.78, 5) is 16.2. The molecule has 0 aromatic rings. The fraction of sp³-hybridized carbons (Fsp3) is 0.917. The Labute approximate surface area is 104 Å². The van der Waals surface area contributed by atoms with Gasteiger partial charge in [0.2, 0.25) is 0 Å². The lowest BCUT2D eigenvalue weighted by Crippen LogP contribution is -2.53. The number of hydrogen-bond donors (Lipinski definition) is 1. The molecule has 0 aromatic heterocycles. The summed E-state index contributed by atoms with van der Waals surface area (Å²) < 4.78 is 5.00. The predicted octanol–water partition coefficient (Wildman–Crippen LogP) is 0.759. The molecule has 1 rings (SSSR count). The van der Waals surface area contributed by atoms with Crippen LogP contribution in [-0.2, 0) is 4.74 Å². The molecule has 1 atom stereocenters. The maximum absolute atomic E-state index is 11.9. The number of rotatable bonds is 5. The van der Waals surface area contributed by atoms with Crippen molar-refractivity contribution >= 4 is 6.03 Å². The Hall–Kier alpha value is -0.810. The van der Waals surface area contributed by atoms with E-state index < -0.39 is 0 Å². The van der Waals surface area contributed by atoms with E-state index in [9.17, 15) is 4.79 Å². The molecule has 0 bridgehead atoms. The average molecular weight is 243 g/mol. The van der Waals surface area contributed by atoms with Gasteiger partial charge >= 0.3 is 6.03 Å². The number of urea groups is 1. The van der Waals surface area contributed by atoms with Crippen LogP contribution in [0.25, 0.3) is 0 Å². The van der Waals surface area contributed by atoms with Crippen molar-refractivity contribution in [2.45, 2.75) is 26.3 Å². The van der Waals surface area contributed by atoms with Gasteiger partial charge in [-0.3, -0.25) is 4.90 Å². The highest BCUT2D eigenvalue weighted by atomic mass is 16.5. The smallest absolute Gasteiger partial charge is 0.317 e. The van der Waals surface area contributed by atoms with Crippen LogP contribution in [0.3, 0.4) is 0 Å². The number of nitrogens with zero attached hydrogens (tertiary/aromatic N) is 2. The summed E-state index contributed by atoms with van der Waals surface area (Å²) >= 11 is 0. The van der Waals surface area contributed by atoms with E-state index in [4.69, 9.17) is 4.74 Å². The van der Waals surface area contributed by atoms with Crippen LogP contribution in [-0.4, -0.2) is 68.3 Å². The quantitative estimate of drug-likeness (QED) is 0.775. The number of carbonyl (C=O) groups is 1. The van der Waals surface area contributed by atoms with Crippen molar-refractivity contribution in [3.05, 3.63) is 0 Å². The van der Waals surface area contributed by atoms with E-state index in [0.29, 0.717) is 6.61 Å². The van der Waals surface area contributed by atoms with Crippen molar-refractivity contribution in [1.29, 1.82) is 0 Å². The van der Waals surface area contributed by atoms with Crippen LogP contribution in [0.4, 0.5) is 4.79 Å². The zero-order valence-corrected chi connectivity index (χ0v) is 11.2. The molecule has 1 heterocycles. The number of carbonyl (C=O) groups excluding carboxylic acids is 1. The van der Waals surface area contributed by atoms with E-state index in [1.807, 2.05) is 11.8 Å². The lowest BCUT2D eigenvalue weighted by atomic mass is 10.3. The van der Waals surface area contributed by atoms with E-state index in [2.05, 4.69) is 17.1 Å². The Kier molecular flexibility index (Phi) is 6.29. The van der Waals surface area contributed by atoms with Crippen molar-refractivity contribution in [2.24, 2.45) is 0 Å². The van der Waals surface area contributed by atoms with E-state index >= 15 is 0 Å². The van der Waals surface area contributed by atoms with Crippen LogP contribution in [0.2, 0.25) is 0 Å². The molecule has 0 spiro atoms. The highest BCUT2D eigenvalue weighted by Gasteiger charge is 2.21. The van der Waals surface area contributed by atoms with Gasteiger partial charge in [0.05, 0.1) is 12.6 Å². The third kappa shape index (κ3) is 4.91. The number of piperazine rings is 1. The van der Waals surface area contributed by atoms with Crippen LogP contribution in [0.1, 0.15) is 20.3 Å². The molecule has 1 aliphatic heterocycles. The first-order chi connectivity index (χ1) is 8.17. The minimum Gasteiger partial charge on any atom is -0.383 e. The third-order valence-electron chi connectivity index (χ3n) is 2.99. The van der Waals surface area contributed by atoms with Gasteiger partial charge in [0, 0.05) is 33.3 Å². The number of ether oxygens (including phenoxy) is 1. The summed E-state index contributed by atoms with van der Waals surface area (Å²) in [5.74, 6) is 0. The fourth-order valence-corrected chi connectivity index (χ4v) is 2.08. The molecular formula is C12H25N3O2. The molecule has 0 radical (unpaired) electrons. The Bertz CT molecular complexity index is 228. The van der Waals surface area contributed by atoms with E-state index in [1.54, 1.807) is 7.11 Å². The molecule has 0 aromatic carbocycles. The molecule has 100 valence electrons. The zero-order valence-electron chi connectivity index (χ0n) is 11.2. The van der Waals surface area contributed by atoms with Crippen molar-refractivity contribution < 1.29 is 9.53 Å². The summed E-state index contributed by atoms with van der Waals surface area (Å²) in [7, 11) is 1.65. The molecule has 1 aliphatic rings. The number of methoxy groups -OCH3 is 1. The SMILES string of the molecule is CCCN1CCN(C(=O)NC(C)COC)CC1. The van der Waals surface area contributed by atoms with Gasteiger partial charge in [-0.1, -0.05) is 6.92 Å². The molecule has 1 N–H and O–H groups in total. The molecule has 2 amide bonds. The second-order valence-corrected chi connectivity index (χ2v) is 4.63. The Morgan fingerprint density at radius 2 is 2.00 bits per heavy atom. The van der Waals surface area contributed by atoms with Crippen LogP contribution in [0, 0.1) is 0 Å². The van der Waals surface area contributed by atoms with E-state index in [1.165, 1.54) is 6.42 Å². The first-order valence-electron chi connectivity index (χ1n) is 6.44. The Morgan fingerprint density at radius 3 is 2.53 bits per heavy atom. The first-order valence-corrected chi connectivity index (χ1v) is 6.44. The minimum absolute atomic E-state index is 0.0331. The van der Waals surface area contributed by atoms with Crippen molar-refractivity contribution in [1.82, 2.24) is 15.1 Å². The number of nitrogens with one attached hydrogen (secondary N) is 1. The van der Waals surface area contributed by atoms with E-state index in [0.717, 1.165) is 32.7 Å². The van der Waals surface area contributed by atoms with Crippen molar-refractivity contribution in [3.8, 4) is 0 Å². The minimum atomic E-state index is 0.0331. The monoisotopic (exact) mass is 243 g/mol.